The summed E-state index contributed by atoms with van der Waals surface area (Å²) in [6, 6.07) is -12.8. The number of likely N-dealkylation sites (N-methyl/N-ethyl adjacent to an activating group) is 7. The van der Waals surface area contributed by atoms with Crippen molar-refractivity contribution >= 4 is 70.8 Å². The molecule has 0 aromatic rings. The number of nitrogens with zero attached hydrogens (tertiary/aromatic N) is 8. The molecule has 0 aromatic carbocycles. The molecule has 0 saturated carbocycles. The van der Waals surface area contributed by atoms with Crippen LogP contribution in [0.25, 0.3) is 0 Å². The maximum atomic E-state index is 15.2. The molecule has 1 aliphatic heterocycles. The summed E-state index contributed by atoms with van der Waals surface area (Å²) >= 11 is 0. The fourth-order valence-corrected chi connectivity index (χ4v) is 11.2. The second-order valence-corrected chi connectivity index (χ2v) is 26.6. The van der Waals surface area contributed by atoms with Crippen LogP contribution in [0.15, 0.2) is 24.8 Å². The van der Waals surface area contributed by atoms with Crippen LogP contribution in [-0.4, -0.2) is 233 Å². The number of nitrogens with one attached hydrogen (secondary N) is 3. The van der Waals surface area contributed by atoms with Crippen molar-refractivity contribution in [2.75, 3.05) is 62.4 Å². The molecule has 88 heavy (non-hydrogen) atoms. The summed E-state index contributed by atoms with van der Waals surface area (Å²) in [5.74, 6) is -10.9. The van der Waals surface area contributed by atoms with Gasteiger partial charge in [0, 0.05) is 61.8 Å². The van der Waals surface area contributed by atoms with Crippen molar-refractivity contribution in [2.45, 2.75) is 217 Å². The van der Waals surface area contributed by atoms with E-state index in [1.54, 1.807) is 60.6 Å². The van der Waals surface area contributed by atoms with Gasteiger partial charge in [0.25, 0.3) is 5.91 Å². The minimum Gasteiger partial charge on any atom is -0.343 e. The average Bonchev–Trinajstić information content (AvgIpc) is 2.97. The van der Waals surface area contributed by atoms with E-state index in [4.69, 9.17) is 0 Å². The van der Waals surface area contributed by atoms with Crippen molar-refractivity contribution in [3.8, 4) is 0 Å². The van der Waals surface area contributed by atoms with Gasteiger partial charge in [0.15, 0.2) is 11.8 Å². The van der Waals surface area contributed by atoms with Gasteiger partial charge in [-0.15, -0.1) is 6.58 Å². The third-order valence-corrected chi connectivity index (χ3v) is 16.4. The quantitative estimate of drug-likeness (QED) is 0.135. The van der Waals surface area contributed by atoms with Gasteiger partial charge in [0.05, 0.1) is 6.54 Å². The second kappa shape index (κ2) is 36.1. The van der Waals surface area contributed by atoms with Crippen molar-refractivity contribution in [2.24, 2.45) is 41.4 Å². The lowest BCUT2D eigenvalue weighted by Gasteiger charge is -2.41. The van der Waals surface area contributed by atoms with E-state index in [0.717, 1.165) is 9.80 Å². The summed E-state index contributed by atoms with van der Waals surface area (Å²) in [5, 5.41) is 8.11. The van der Waals surface area contributed by atoms with E-state index in [9.17, 15) is 38.4 Å². The van der Waals surface area contributed by atoms with Gasteiger partial charge < -0.3 is 55.1 Å². The van der Waals surface area contributed by atoms with Gasteiger partial charge in [-0.2, -0.15) is 0 Å². The van der Waals surface area contributed by atoms with Crippen LogP contribution in [0.5, 0.6) is 0 Å². The summed E-state index contributed by atoms with van der Waals surface area (Å²) in [4.78, 5) is 186. The molecule has 1 heterocycles. The van der Waals surface area contributed by atoms with Gasteiger partial charge in [-0.3, -0.25) is 57.5 Å². The van der Waals surface area contributed by atoms with E-state index >= 15 is 19.2 Å². The lowest BCUT2D eigenvalue weighted by Crippen LogP contribution is -2.63. The third-order valence-electron chi connectivity index (χ3n) is 16.4. The standard InChI is InChI=1S/C65H113N11O12/c1-26-29-30-43(16)55(78)54-58(81)68-46(28-3)60(83)69(19)36-51(77)70(20)50(35-40(10)11)63(86)76(31-27-2)53(42(14)15)65(88)71(21)47(32-37(4)5)57(80)66-44(17)56(79)67-45(18)59(82)72(22)48(33-38(6)7)61(84)73(23)49(34-39(8)9)62(85)74(24)52(41(12)13)64(87)75(54)25/h26-27,29,37-50,52-54H,2,28,30-36H2,1,3-25H3,(H,66,80)(H,67,79)(H,68,81)/b29-26+/t43-,44+,45-,46+,47+,48+,49+,50+,52+,53+,54?/m1/s1. The van der Waals surface area contributed by atoms with Crippen LogP contribution in [0.3, 0.4) is 0 Å². The molecular formula is C65H113N11O12. The highest BCUT2D eigenvalue weighted by Crippen LogP contribution is 2.26. The Morgan fingerprint density at radius 2 is 0.920 bits per heavy atom. The zero-order valence-corrected chi connectivity index (χ0v) is 57.9. The first-order chi connectivity index (χ1) is 40.7. The highest BCUT2D eigenvalue weighted by Gasteiger charge is 2.46. The van der Waals surface area contributed by atoms with E-state index in [0.29, 0.717) is 0 Å². The van der Waals surface area contributed by atoms with E-state index in [1.165, 1.54) is 98.7 Å². The Morgan fingerprint density at radius 3 is 1.36 bits per heavy atom. The SMILES string of the molecule is C=CCN1C(=O)[C@H](CC(C)C)N(C)C(=O)CN(C)C(=O)[C@H](CC)NC(=O)C(C(=O)[C@H](C)C/C=C/C)N(C)C(=O)[C@H](C(C)C)N(C)C(=O)[C@H](CC(C)C)N(C)C(=O)[C@H](CC(C)C)N(C)C(=O)[C@@H](C)NC(=O)[C@H](C)NC(=O)[C@H](CC(C)C)N(C)C(=O)[C@@H]1C(C)C. The van der Waals surface area contributed by atoms with Gasteiger partial charge in [0.2, 0.25) is 59.1 Å². The highest BCUT2D eigenvalue weighted by atomic mass is 16.2. The largest absolute Gasteiger partial charge is 0.343 e. The van der Waals surface area contributed by atoms with Gasteiger partial charge in [-0.05, 0) is 94.8 Å². The van der Waals surface area contributed by atoms with Crippen LogP contribution < -0.4 is 16.0 Å². The van der Waals surface area contributed by atoms with Crippen molar-refractivity contribution < 1.29 is 57.5 Å². The normalized spacial score (nSPS) is 26.0. The molecule has 1 unspecified atom stereocenters. The Balaban J connectivity index is 4.44. The molecule has 11 atom stereocenters. The van der Waals surface area contributed by atoms with Crippen molar-refractivity contribution in [1.82, 2.24) is 55.1 Å². The summed E-state index contributed by atoms with van der Waals surface area (Å²) in [6.45, 7) is 32.9. The number of rotatable bonds is 17. The predicted molar refractivity (Wildman–Crippen MR) is 341 cm³/mol. The van der Waals surface area contributed by atoms with Crippen molar-refractivity contribution in [3.63, 3.8) is 0 Å². The zero-order valence-electron chi connectivity index (χ0n) is 57.9. The molecule has 11 amide bonds. The smallest absolute Gasteiger partial charge is 0.251 e. The Bertz CT molecular complexity index is 2480. The van der Waals surface area contributed by atoms with E-state index < -0.39 is 155 Å². The summed E-state index contributed by atoms with van der Waals surface area (Å²) in [7, 11) is 9.83. The Labute approximate surface area is 526 Å². The van der Waals surface area contributed by atoms with E-state index in [2.05, 4.69) is 22.5 Å². The molecule has 0 aromatic heterocycles. The monoisotopic (exact) mass is 1240 g/mol. The number of ketones is 1. The molecule has 23 nitrogen and oxygen atoms in total. The second-order valence-electron chi connectivity index (χ2n) is 26.6. The fourth-order valence-electron chi connectivity index (χ4n) is 11.2. The Kier molecular flexibility index (Phi) is 32.5. The highest BCUT2D eigenvalue weighted by molar-refractivity contribution is 6.10. The van der Waals surface area contributed by atoms with Crippen molar-refractivity contribution in [1.29, 1.82) is 0 Å². The molecule has 1 rings (SSSR count). The van der Waals surface area contributed by atoms with Crippen LogP contribution >= 0.6 is 0 Å². The Morgan fingerprint density at radius 1 is 0.500 bits per heavy atom. The molecule has 500 valence electrons. The molecule has 23 heteroatoms. The molecule has 1 aliphatic rings. The van der Waals surface area contributed by atoms with Gasteiger partial charge in [-0.25, -0.2) is 0 Å². The van der Waals surface area contributed by atoms with Crippen LogP contribution in [-0.2, 0) is 57.5 Å². The molecule has 1 saturated heterocycles. The first-order valence-corrected chi connectivity index (χ1v) is 31.5. The minimum atomic E-state index is -1.81. The molecule has 3 N–H and O–H groups in total. The number of allylic oxidation sites excluding steroid dienone is 2. The van der Waals surface area contributed by atoms with Gasteiger partial charge in [0.1, 0.15) is 54.4 Å². The third kappa shape index (κ3) is 21.5. The van der Waals surface area contributed by atoms with Gasteiger partial charge >= 0.3 is 0 Å². The summed E-state index contributed by atoms with van der Waals surface area (Å²) in [5.41, 5.74) is 0. The minimum absolute atomic E-state index is 0.0141. The van der Waals surface area contributed by atoms with E-state index in [-0.39, 0.29) is 68.7 Å². The lowest BCUT2D eigenvalue weighted by atomic mass is 9.92. The first-order valence-electron chi connectivity index (χ1n) is 31.5. The molecule has 0 spiro atoms. The molecule has 0 radical (unpaired) electrons. The van der Waals surface area contributed by atoms with E-state index in [1.807, 2.05) is 55.4 Å². The molecule has 0 aliphatic carbocycles. The number of hydrogen-bond donors (Lipinski definition) is 3. The number of carbonyl (C=O) groups is 12. The van der Waals surface area contributed by atoms with Crippen LogP contribution in [0.4, 0.5) is 0 Å². The molecule has 0 bridgehead atoms. The number of amides is 11. The lowest BCUT2D eigenvalue weighted by molar-refractivity contribution is -0.157. The van der Waals surface area contributed by atoms with Gasteiger partial charge in [-0.1, -0.05) is 115 Å². The average molecular weight is 1240 g/mol. The maximum absolute atomic E-state index is 15.2. The zero-order chi connectivity index (χ0) is 68.3. The first kappa shape index (κ1) is 79.3. The van der Waals surface area contributed by atoms with Crippen LogP contribution in [0, 0.1) is 41.4 Å². The molecular weight excluding hydrogens is 1130 g/mol. The van der Waals surface area contributed by atoms with Crippen LogP contribution in [0.1, 0.15) is 156 Å². The number of hydrogen-bond acceptors (Lipinski definition) is 12. The maximum Gasteiger partial charge on any atom is 0.251 e. The van der Waals surface area contributed by atoms with Crippen LogP contribution in [0.2, 0.25) is 0 Å². The predicted octanol–water partition coefficient (Wildman–Crippen LogP) is 4.38. The number of Topliss-reactive ketones (excluding diaryl/α,β-unsaturated/α-hetero) is 1. The van der Waals surface area contributed by atoms with Crippen molar-refractivity contribution in [3.05, 3.63) is 24.8 Å². The summed E-state index contributed by atoms with van der Waals surface area (Å²) < 4.78 is 0. The summed E-state index contributed by atoms with van der Waals surface area (Å²) in [6.07, 6.45) is 5.70. The fraction of sp³-hybridized carbons (Fsp3) is 0.754. The topological polar surface area (TPSA) is 267 Å². The Hall–Kier alpha value is -6.68. The number of carbonyl (C=O) groups excluding carboxylic acids is 12. The molecule has 1 fully saturated rings.